The second kappa shape index (κ2) is 12.7. The standard InChI is InChI=1S/C46H33N/c1-3-11-34(12-4-1)35-21-23-36(24-22-35)37-25-29-43(30-26-37)47(42-17-5-2-6-18-42)44-31-27-38(28-32-44)40-15-9-16-41(33-40)46-20-10-14-39-13-7-8-19-45(39)46/h1-33H. The SMILES string of the molecule is c1ccc(-c2ccc(-c3ccc(N(c4ccccc4)c4ccc(-c5cccc(-c6cccc7ccccc67)c5)cc4)cc3)cc2)cc1. The van der Waals surface area contributed by atoms with Gasteiger partial charge in [0.25, 0.3) is 0 Å². The second-order valence-electron chi connectivity index (χ2n) is 11.8. The molecule has 0 aliphatic carbocycles. The highest BCUT2D eigenvalue weighted by molar-refractivity contribution is 5.97. The molecule has 8 aromatic rings. The van der Waals surface area contributed by atoms with Gasteiger partial charge >= 0.3 is 0 Å². The second-order valence-corrected chi connectivity index (χ2v) is 11.8. The van der Waals surface area contributed by atoms with E-state index in [1.165, 1.54) is 55.3 Å². The normalized spacial score (nSPS) is 11.0. The fourth-order valence-corrected chi connectivity index (χ4v) is 6.46. The molecule has 0 atom stereocenters. The third-order valence-electron chi connectivity index (χ3n) is 8.89. The van der Waals surface area contributed by atoms with Crippen LogP contribution in [0.4, 0.5) is 17.1 Å². The van der Waals surface area contributed by atoms with Crippen molar-refractivity contribution in [2.24, 2.45) is 0 Å². The van der Waals surface area contributed by atoms with Crippen molar-refractivity contribution in [2.75, 3.05) is 4.90 Å². The quantitative estimate of drug-likeness (QED) is 0.176. The van der Waals surface area contributed by atoms with Gasteiger partial charge in [0.15, 0.2) is 0 Å². The summed E-state index contributed by atoms with van der Waals surface area (Å²) in [5, 5.41) is 2.53. The van der Waals surface area contributed by atoms with E-state index in [-0.39, 0.29) is 0 Å². The largest absolute Gasteiger partial charge is 0.311 e. The van der Waals surface area contributed by atoms with Crippen LogP contribution in [0.25, 0.3) is 55.3 Å². The summed E-state index contributed by atoms with van der Waals surface area (Å²) in [7, 11) is 0. The van der Waals surface area contributed by atoms with Crippen LogP contribution in [-0.4, -0.2) is 0 Å². The van der Waals surface area contributed by atoms with Crippen LogP contribution >= 0.6 is 0 Å². The summed E-state index contributed by atoms with van der Waals surface area (Å²) in [6.07, 6.45) is 0. The molecule has 8 rings (SSSR count). The number of hydrogen-bond donors (Lipinski definition) is 0. The molecule has 0 fully saturated rings. The van der Waals surface area contributed by atoms with Gasteiger partial charge in [-0.05, 0) is 97.7 Å². The van der Waals surface area contributed by atoms with Gasteiger partial charge in [-0.1, -0.05) is 158 Å². The summed E-state index contributed by atoms with van der Waals surface area (Å²) in [5.41, 5.74) is 13.1. The highest BCUT2D eigenvalue weighted by Crippen LogP contribution is 2.38. The maximum atomic E-state index is 2.32. The van der Waals surface area contributed by atoms with Gasteiger partial charge in [0.05, 0.1) is 0 Å². The van der Waals surface area contributed by atoms with Crippen LogP contribution in [-0.2, 0) is 0 Å². The summed E-state index contributed by atoms with van der Waals surface area (Å²) < 4.78 is 0. The monoisotopic (exact) mass is 599 g/mol. The maximum absolute atomic E-state index is 2.32. The Kier molecular flexibility index (Phi) is 7.63. The highest BCUT2D eigenvalue weighted by atomic mass is 15.1. The number of anilines is 3. The van der Waals surface area contributed by atoms with Gasteiger partial charge in [0, 0.05) is 17.1 Å². The van der Waals surface area contributed by atoms with E-state index >= 15 is 0 Å². The first-order valence-corrected chi connectivity index (χ1v) is 16.1. The zero-order chi connectivity index (χ0) is 31.4. The molecule has 0 spiro atoms. The van der Waals surface area contributed by atoms with Crippen LogP contribution in [0.15, 0.2) is 200 Å². The lowest BCUT2D eigenvalue weighted by molar-refractivity contribution is 1.28. The lowest BCUT2D eigenvalue weighted by atomic mass is 9.95. The van der Waals surface area contributed by atoms with E-state index in [2.05, 4.69) is 205 Å². The van der Waals surface area contributed by atoms with Crippen molar-refractivity contribution in [2.45, 2.75) is 0 Å². The van der Waals surface area contributed by atoms with Crippen molar-refractivity contribution < 1.29 is 0 Å². The molecule has 47 heavy (non-hydrogen) atoms. The van der Waals surface area contributed by atoms with Crippen molar-refractivity contribution in [1.29, 1.82) is 0 Å². The van der Waals surface area contributed by atoms with Gasteiger partial charge in [-0.3, -0.25) is 0 Å². The van der Waals surface area contributed by atoms with Gasteiger partial charge in [-0.15, -0.1) is 0 Å². The average molecular weight is 600 g/mol. The molecule has 0 aromatic heterocycles. The van der Waals surface area contributed by atoms with Crippen LogP contribution in [0.5, 0.6) is 0 Å². The molecule has 0 saturated heterocycles. The van der Waals surface area contributed by atoms with Gasteiger partial charge in [-0.25, -0.2) is 0 Å². The minimum Gasteiger partial charge on any atom is -0.311 e. The molecule has 0 heterocycles. The van der Waals surface area contributed by atoms with E-state index < -0.39 is 0 Å². The lowest BCUT2D eigenvalue weighted by Gasteiger charge is -2.26. The van der Waals surface area contributed by atoms with Crippen molar-refractivity contribution >= 4 is 27.8 Å². The van der Waals surface area contributed by atoms with Crippen LogP contribution in [0.3, 0.4) is 0 Å². The summed E-state index contributed by atoms with van der Waals surface area (Å²) in [6, 6.07) is 71.7. The zero-order valence-electron chi connectivity index (χ0n) is 26.0. The Labute approximate surface area is 276 Å². The first-order chi connectivity index (χ1) is 23.3. The lowest BCUT2D eigenvalue weighted by Crippen LogP contribution is -2.09. The number of fused-ring (bicyclic) bond motifs is 1. The Balaban J connectivity index is 1.09. The molecule has 1 heteroatoms. The van der Waals surface area contributed by atoms with E-state index in [4.69, 9.17) is 0 Å². The van der Waals surface area contributed by atoms with E-state index in [9.17, 15) is 0 Å². The predicted molar refractivity (Wildman–Crippen MR) is 200 cm³/mol. The molecule has 0 unspecified atom stereocenters. The van der Waals surface area contributed by atoms with E-state index in [0.717, 1.165) is 17.1 Å². The Morgan fingerprint density at radius 3 is 1.30 bits per heavy atom. The highest BCUT2D eigenvalue weighted by Gasteiger charge is 2.13. The Morgan fingerprint density at radius 2 is 0.660 bits per heavy atom. The van der Waals surface area contributed by atoms with Crippen LogP contribution in [0.2, 0.25) is 0 Å². The van der Waals surface area contributed by atoms with Crippen LogP contribution in [0.1, 0.15) is 0 Å². The third-order valence-corrected chi connectivity index (χ3v) is 8.89. The zero-order valence-corrected chi connectivity index (χ0v) is 26.0. The number of nitrogens with zero attached hydrogens (tertiary/aromatic N) is 1. The van der Waals surface area contributed by atoms with Crippen molar-refractivity contribution in [3.8, 4) is 44.5 Å². The van der Waals surface area contributed by atoms with E-state index in [0.29, 0.717) is 0 Å². The molecule has 8 aromatic carbocycles. The van der Waals surface area contributed by atoms with E-state index in [1.807, 2.05) is 0 Å². The summed E-state index contributed by atoms with van der Waals surface area (Å²) in [6.45, 7) is 0. The first-order valence-electron chi connectivity index (χ1n) is 16.1. The Hall–Kier alpha value is -6.18. The number of para-hydroxylation sites is 1. The first kappa shape index (κ1) is 28.3. The van der Waals surface area contributed by atoms with Gasteiger partial charge < -0.3 is 4.90 Å². The molecule has 0 saturated carbocycles. The number of rotatable bonds is 7. The van der Waals surface area contributed by atoms with Gasteiger partial charge in [0.2, 0.25) is 0 Å². The minimum atomic E-state index is 1.12. The fraction of sp³-hybridized carbons (Fsp3) is 0. The molecule has 1 nitrogen and oxygen atoms in total. The van der Waals surface area contributed by atoms with Crippen molar-refractivity contribution in [3.05, 3.63) is 200 Å². The summed E-state index contributed by atoms with van der Waals surface area (Å²) >= 11 is 0. The van der Waals surface area contributed by atoms with E-state index in [1.54, 1.807) is 0 Å². The molecular weight excluding hydrogens is 567 g/mol. The van der Waals surface area contributed by atoms with Gasteiger partial charge in [0.1, 0.15) is 0 Å². The molecule has 0 radical (unpaired) electrons. The fourth-order valence-electron chi connectivity index (χ4n) is 6.46. The maximum Gasteiger partial charge on any atom is 0.0462 e. The minimum absolute atomic E-state index is 1.12. The van der Waals surface area contributed by atoms with Crippen molar-refractivity contribution in [1.82, 2.24) is 0 Å². The van der Waals surface area contributed by atoms with Crippen LogP contribution in [0, 0.1) is 0 Å². The molecule has 0 N–H and O–H groups in total. The molecule has 0 aliphatic rings. The molecule has 0 bridgehead atoms. The summed E-state index contributed by atoms with van der Waals surface area (Å²) in [4.78, 5) is 2.32. The topological polar surface area (TPSA) is 3.24 Å². The molecule has 0 aliphatic heterocycles. The molecule has 0 amide bonds. The predicted octanol–water partition coefficient (Wildman–Crippen LogP) is 13.0. The smallest absolute Gasteiger partial charge is 0.0462 e. The average Bonchev–Trinajstić information content (AvgIpc) is 3.16. The Morgan fingerprint density at radius 1 is 0.255 bits per heavy atom. The number of benzene rings is 8. The third kappa shape index (κ3) is 5.83. The van der Waals surface area contributed by atoms with Crippen molar-refractivity contribution in [3.63, 3.8) is 0 Å². The molecule has 222 valence electrons. The Bertz CT molecular complexity index is 2250. The summed E-state index contributed by atoms with van der Waals surface area (Å²) in [5.74, 6) is 0. The molecular formula is C46H33N. The number of hydrogen-bond acceptors (Lipinski definition) is 1. The van der Waals surface area contributed by atoms with Gasteiger partial charge in [-0.2, -0.15) is 0 Å². The van der Waals surface area contributed by atoms with Crippen LogP contribution < -0.4 is 4.90 Å².